The molecule has 1 atom stereocenters. The van der Waals surface area contributed by atoms with Crippen molar-refractivity contribution in [2.24, 2.45) is 5.92 Å². The zero-order valence-electron chi connectivity index (χ0n) is 6.66. The van der Waals surface area contributed by atoms with Crippen LogP contribution in [0.15, 0.2) is 11.6 Å². The molecule has 0 aromatic heterocycles. The third-order valence-corrected chi connectivity index (χ3v) is 1.35. The second-order valence-corrected chi connectivity index (χ2v) is 2.91. The van der Waals surface area contributed by atoms with Crippen molar-refractivity contribution in [3.63, 3.8) is 0 Å². The minimum absolute atomic E-state index is 0.0653. The van der Waals surface area contributed by atoms with Crippen molar-refractivity contribution in [3.8, 4) is 6.07 Å². The Bertz CT molecular complexity index is 219. The van der Waals surface area contributed by atoms with Crippen molar-refractivity contribution < 1.29 is 13.2 Å². The highest BCUT2D eigenvalue weighted by Crippen LogP contribution is 2.24. The van der Waals surface area contributed by atoms with Gasteiger partial charge in [-0.2, -0.15) is 18.4 Å². The Morgan fingerprint density at radius 3 is 2.46 bits per heavy atom. The lowest BCUT2D eigenvalue weighted by molar-refractivity contribution is -0.157. The van der Waals surface area contributed by atoms with Gasteiger partial charge in [0.25, 0.3) is 0 Å². The normalized spacial score (nSPS) is 13.5. The zero-order chi connectivity index (χ0) is 10.5. The van der Waals surface area contributed by atoms with E-state index < -0.39 is 18.6 Å². The Morgan fingerprint density at radius 1 is 1.62 bits per heavy atom. The molecule has 0 spiro atoms. The molecule has 2 nitrogen and oxygen atoms in total. The summed E-state index contributed by atoms with van der Waals surface area (Å²) in [6.07, 6.45) is -4.49. The Hall–Kier alpha value is -0.730. The van der Waals surface area contributed by atoms with Crippen molar-refractivity contribution >= 4 is 11.6 Å². The molecule has 0 radical (unpaired) electrons. The molecule has 0 aliphatic carbocycles. The lowest BCUT2D eigenvalue weighted by Crippen LogP contribution is -2.32. The van der Waals surface area contributed by atoms with E-state index in [2.05, 4.69) is 11.9 Å². The van der Waals surface area contributed by atoms with E-state index in [1.54, 1.807) is 0 Å². The minimum Gasteiger partial charge on any atom is -0.310 e. The molecule has 6 heteroatoms. The van der Waals surface area contributed by atoms with Crippen LogP contribution < -0.4 is 5.32 Å². The van der Waals surface area contributed by atoms with Crippen LogP contribution in [-0.2, 0) is 0 Å². The molecular formula is C7H8ClF3N2. The maximum atomic E-state index is 11.9. The molecule has 0 aliphatic heterocycles. The molecule has 1 N–H and O–H groups in total. The van der Waals surface area contributed by atoms with Crippen LogP contribution in [0, 0.1) is 17.2 Å². The van der Waals surface area contributed by atoms with Crippen LogP contribution in [0.25, 0.3) is 0 Å². The van der Waals surface area contributed by atoms with Crippen LogP contribution >= 0.6 is 11.6 Å². The van der Waals surface area contributed by atoms with Crippen molar-refractivity contribution in [2.75, 3.05) is 13.1 Å². The molecule has 0 amide bonds. The monoisotopic (exact) mass is 212 g/mol. The van der Waals surface area contributed by atoms with E-state index in [1.165, 1.54) is 0 Å². The summed E-state index contributed by atoms with van der Waals surface area (Å²) >= 11 is 5.30. The van der Waals surface area contributed by atoms with Crippen molar-refractivity contribution in [3.05, 3.63) is 11.6 Å². The molecule has 0 fully saturated rings. The van der Waals surface area contributed by atoms with Gasteiger partial charge in [-0.15, -0.1) is 0 Å². The van der Waals surface area contributed by atoms with Gasteiger partial charge < -0.3 is 5.32 Å². The fraction of sp³-hybridized carbons (Fsp3) is 0.571. The molecule has 0 rings (SSSR count). The van der Waals surface area contributed by atoms with Crippen LogP contribution in [0.4, 0.5) is 13.2 Å². The lowest BCUT2D eigenvalue weighted by atomic mass is 10.1. The molecule has 0 bridgehead atoms. The summed E-state index contributed by atoms with van der Waals surface area (Å²) < 4.78 is 35.8. The second-order valence-electron chi connectivity index (χ2n) is 2.37. The molecule has 0 aromatic rings. The molecule has 74 valence electrons. The summed E-state index contributed by atoms with van der Waals surface area (Å²) in [7, 11) is 0. The SMILES string of the molecule is C=C(Cl)CNCC(C#N)C(F)(F)F. The number of alkyl halides is 3. The second kappa shape index (κ2) is 5.10. The highest BCUT2D eigenvalue weighted by molar-refractivity contribution is 6.29. The largest absolute Gasteiger partial charge is 0.405 e. The van der Waals surface area contributed by atoms with Crippen molar-refractivity contribution in [1.29, 1.82) is 5.26 Å². The molecule has 0 aromatic carbocycles. The average molecular weight is 213 g/mol. The van der Waals surface area contributed by atoms with Gasteiger partial charge in [0.05, 0.1) is 6.07 Å². The third-order valence-electron chi connectivity index (χ3n) is 1.22. The molecule has 0 saturated heterocycles. The van der Waals surface area contributed by atoms with Crippen molar-refractivity contribution in [1.82, 2.24) is 5.32 Å². The number of rotatable bonds is 4. The molecule has 0 aliphatic rings. The molecule has 0 saturated carbocycles. The van der Waals surface area contributed by atoms with Gasteiger partial charge in [-0.05, 0) is 0 Å². The molecule has 1 unspecified atom stereocenters. The average Bonchev–Trinajstić information content (AvgIpc) is 1.95. The van der Waals surface area contributed by atoms with E-state index in [1.807, 2.05) is 0 Å². The van der Waals surface area contributed by atoms with Gasteiger partial charge in [0.2, 0.25) is 0 Å². The van der Waals surface area contributed by atoms with Crippen molar-refractivity contribution in [2.45, 2.75) is 6.18 Å². The summed E-state index contributed by atoms with van der Waals surface area (Å²) in [5.74, 6) is -2.00. The fourth-order valence-electron chi connectivity index (χ4n) is 0.587. The highest BCUT2D eigenvalue weighted by Gasteiger charge is 2.39. The maximum Gasteiger partial charge on any atom is 0.405 e. The predicted molar refractivity (Wildman–Crippen MR) is 43.0 cm³/mol. The Labute approximate surface area is 79.0 Å². The summed E-state index contributed by atoms with van der Waals surface area (Å²) in [5.41, 5.74) is 0. The van der Waals surface area contributed by atoms with E-state index in [0.717, 1.165) is 6.07 Å². The van der Waals surface area contributed by atoms with E-state index in [0.29, 0.717) is 0 Å². The molecule has 0 heterocycles. The summed E-state index contributed by atoms with van der Waals surface area (Å²) in [6, 6.07) is 1.16. The number of hydrogen-bond acceptors (Lipinski definition) is 2. The first kappa shape index (κ1) is 12.3. The van der Waals surface area contributed by atoms with Gasteiger partial charge in [-0.1, -0.05) is 18.2 Å². The van der Waals surface area contributed by atoms with Crippen LogP contribution in [-0.4, -0.2) is 19.3 Å². The van der Waals surface area contributed by atoms with Gasteiger partial charge in [-0.25, -0.2) is 0 Å². The lowest BCUT2D eigenvalue weighted by Gasteiger charge is -2.13. The number of nitrogens with zero attached hydrogens (tertiary/aromatic N) is 1. The van der Waals surface area contributed by atoms with Gasteiger partial charge >= 0.3 is 6.18 Å². The quantitative estimate of drug-likeness (QED) is 0.774. The summed E-state index contributed by atoms with van der Waals surface area (Å²) in [5, 5.41) is 10.7. The zero-order valence-corrected chi connectivity index (χ0v) is 7.41. The standard InChI is InChI=1S/C7H8ClF3N2/c1-5(8)3-13-4-6(2-12)7(9,10)11/h6,13H,1,3-4H2. The smallest absolute Gasteiger partial charge is 0.310 e. The number of nitriles is 1. The van der Waals surface area contributed by atoms with E-state index in [4.69, 9.17) is 16.9 Å². The Morgan fingerprint density at radius 2 is 2.15 bits per heavy atom. The van der Waals surface area contributed by atoms with Crippen LogP contribution in [0.1, 0.15) is 0 Å². The van der Waals surface area contributed by atoms with Gasteiger partial charge in [-0.3, -0.25) is 0 Å². The minimum atomic E-state index is -4.49. The summed E-state index contributed by atoms with van der Waals surface area (Å²) in [4.78, 5) is 0. The first-order chi connectivity index (χ1) is 5.88. The topological polar surface area (TPSA) is 35.8 Å². The van der Waals surface area contributed by atoms with Crippen LogP contribution in [0.2, 0.25) is 0 Å². The van der Waals surface area contributed by atoms with Gasteiger partial charge in [0.1, 0.15) is 0 Å². The fourth-order valence-corrected chi connectivity index (χ4v) is 0.681. The van der Waals surface area contributed by atoms with Gasteiger partial charge in [0.15, 0.2) is 5.92 Å². The number of hydrogen-bond donors (Lipinski definition) is 1. The Kier molecular flexibility index (Phi) is 4.81. The van der Waals surface area contributed by atoms with E-state index >= 15 is 0 Å². The molecule has 13 heavy (non-hydrogen) atoms. The van der Waals surface area contributed by atoms with Crippen LogP contribution in [0.3, 0.4) is 0 Å². The third kappa shape index (κ3) is 5.50. The number of nitrogens with one attached hydrogen (secondary N) is 1. The maximum absolute atomic E-state index is 11.9. The highest BCUT2D eigenvalue weighted by atomic mass is 35.5. The summed E-state index contributed by atoms with van der Waals surface area (Å²) in [6.45, 7) is 2.88. The first-order valence-electron chi connectivity index (χ1n) is 3.38. The first-order valence-corrected chi connectivity index (χ1v) is 3.76. The molecular weight excluding hydrogens is 205 g/mol. The van der Waals surface area contributed by atoms with E-state index in [-0.39, 0.29) is 11.6 Å². The predicted octanol–water partition coefficient (Wildman–Crippen LogP) is 2.03. The Balaban J connectivity index is 3.89. The van der Waals surface area contributed by atoms with E-state index in [9.17, 15) is 13.2 Å². The van der Waals surface area contributed by atoms with Gasteiger partial charge in [0, 0.05) is 18.1 Å². The number of halogens is 4. The van der Waals surface area contributed by atoms with Crippen LogP contribution in [0.5, 0.6) is 0 Å².